The normalized spacial score (nSPS) is 16.9. The van der Waals surface area contributed by atoms with E-state index in [1.165, 1.54) is 0 Å². The lowest BCUT2D eigenvalue weighted by Crippen LogP contribution is -2.45. The highest BCUT2D eigenvalue weighted by molar-refractivity contribution is 7.80. The van der Waals surface area contributed by atoms with Crippen molar-refractivity contribution in [2.24, 2.45) is 0 Å². The first-order chi connectivity index (χ1) is 12.1. The van der Waals surface area contributed by atoms with Crippen LogP contribution < -0.4 is 10.6 Å². The first kappa shape index (κ1) is 17.5. The Labute approximate surface area is 156 Å². The van der Waals surface area contributed by atoms with Gasteiger partial charge in [-0.15, -0.1) is 0 Å². The van der Waals surface area contributed by atoms with Crippen molar-refractivity contribution in [3.8, 4) is 0 Å². The fourth-order valence-corrected chi connectivity index (χ4v) is 3.08. The van der Waals surface area contributed by atoms with Gasteiger partial charge in [-0.25, -0.2) is 4.79 Å². The summed E-state index contributed by atoms with van der Waals surface area (Å²) in [5, 5.41) is 7.35. The molecule has 0 fully saturated rings. The summed E-state index contributed by atoms with van der Waals surface area (Å²) in [6.45, 7) is 2.08. The Morgan fingerprint density at radius 3 is 2.48 bits per heavy atom. The molecule has 1 heterocycles. The smallest absolute Gasteiger partial charge is 0.338 e. The molecule has 6 heteroatoms. The van der Waals surface area contributed by atoms with Crippen LogP contribution in [0.4, 0.5) is 0 Å². The van der Waals surface area contributed by atoms with E-state index in [4.69, 9.17) is 28.6 Å². The van der Waals surface area contributed by atoms with Crippen LogP contribution >= 0.6 is 23.8 Å². The SMILES string of the molecule is CCOC(=O)C1=C(c2ccccc2)NC(=S)N[C@@H]1c1ccc(Cl)cc1. The Balaban J connectivity index is 2.16. The lowest BCUT2D eigenvalue weighted by Gasteiger charge is -2.31. The summed E-state index contributed by atoms with van der Waals surface area (Å²) < 4.78 is 5.30. The molecule has 2 aromatic carbocycles. The van der Waals surface area contributed by atoms with E-state index in [1.54, 1.807) is 19.1 Å². The highest BCUT2D eigenvalue weighted by Crippen LogP contribution is 2.32. The van der Waals surface area contributed by atoms with Crippen LogP contribution in [0.15, 0.2) is 60.2 Å². The number of hydrogen-bond donors (Lipinski definition) is 2. The standard InChI is InChI=1S/C19H17ClN2O2S/c1-2-24-18(23)15-16(12-6-4-3-5-7-12)21-19(25)22-17(15)13-8-10-14(20)11-9-13/h3-11,17H,2H2,1H3,(H2,21,22,25)/t17-/m1/s1. The van der Waals surface area contributed by atoms with Crippen molar-refractivity contribution in [2.75, 3.05) is 6.61 Å². The molecule has 0 spiro atoms. The highest BCUT2D eigenvalue weighted by atomic mass is 35.5. The zero-order chi connectivity index (χ0) is 17.8. The predicted octanol–water partition coefficient (Wildman–Crippen LogP) is 3.83. The molecule has 0 saturated carbocycles. The molecule has 0 saturated heterocycles. The van der Waals surface area contributed by atoms with Gasteiger partial charge in [0.2, 0.25) is 0 Å². The van der Waals surface area contributed by atoms with Gasteiger partial charge in [-0.1, -0.05) is 54.1 Å². The number of rotatable bonds is 4. The van der Waals surface area contributed by atoms with Gasteiger partial charge in [0.15, 0.2) is 5.11 Å². The van der Waals surface area contributed by atoms with Gasteiger partial charge in [-0.05, 0) is 42.4 Å². The first-order valence-corrected chi connectivity index (χ1v) is 8.68. The molecule has 1 aliphatic heterocycles. The molecule has 0 aromatic heterocycles. The predicted molar refractivity (Wildman–Crippen MR) is 103 cm³/mol. The summed E-state index contributed by atoms with van der Waals surface area (Å²) in [6, 6.07) is 16.5. The van der Waals surface area contributed by atoms with Gasteiger partial charge >= 0.3 is 5.97 Å². The van der Waals surface area contributed by atoms with Crippen LogP contribution in [-0.4, -0.2) is 17.7 Å². The number of carbonyl (C=O) groups is 1. The van der Waals surface area contributed by atoms with E-state index in [0.29, 0.717) is 28.0 Å². The third-order valence-corrected chi connectivity index (χ3v) is 4.31. The molecule has 25 heavy (non-hydrogen) atoms. The van der Waals surface area contributed by atoms with Gasteiger partial charge in [0, 0.05) is 5.02 Å². The fraction of sp³-hybridized carbons (Fsp3) is 0.158. The van der Waals surface area contributed by atoms with Crippen LogP contribution in [0.2, 0.25) is 5.02 Å². The zero-order valence-electron chi connectivity index (χ0n) is 13.6. The number of halogens is 1. The van der Waals surface area contributed by atoms with Crippen LogP contribution in [0.25, 0.3) is 5.70 Å². The Bertz CT molecular complexity index is 819. The second kappa shape index (κ2) is 7.68. The number of carbonyl (C=O) groups excluding carboxylic acids is 1. The topological polar surface area (TPSA) is 50.4 Å². The van der Waals surface area contributed by atoms with Crippen LogP contribution in [0.5, 0.6) is 0 Å². The Morgan fingerprint density at radius 2 is 1.84 bits per heavy atom. The van der Waals surface area contributed by atoms with Crippen molar-refractivity contribution in [1.82, 2.24) is 10.6 Å². The van der Waals surface area contributed by atoms with E-state index >= 15 is 0 Å². The molecule has 0 unspecified atom stereocenters. The van der Waals surface area contributed by atoms with Gasteiger partial charge in [0.25, 0.3) is 0 Å². The van der Waals surface area contributed by atoms with Gasteiger partial charge < -0.3 is 15.4 Å². The van der Waals surface area contributed by atoms with Gasteiger partial charge in [-0.2, -0.15) is 0 Å². The van der Waals surface area contributed by atoms with Crippen LogP contribution in [-0.2, 0) is 9.53 Å². The number of benzene rings is 2. The number of esters is 1. The molecule has 3 rings (SSSR count). The summed E-state index contributed by atoms with van der Waals surface area (Å²) in [4.78, 5) is 12.7. The minimum atomic E-state index is -0.416. The first-order valence-electron chi connectivity index (χ1n) is 7.90. The zero-order valence-corrected chi connectivity index (χ0v) is 15.2. The van der Waals surface area contributed by atoms with Crippen molar-refractivity contribution in [3.05, 3.63) is 76.3 Å². The minimum absolute atomic E-state index is 0.294. The summed E-state index contributed by atoms with van der Waals surface area (Å²) in [6.07, 6.45) is 0. The maximum absolute atomic E-state index is 12.7. The maximum Gasteiger partial charge on any atom is 0.338 e. The largest absolute Gasteiger partial charge is 0.463 e. The van der Waals surface area contributed by atoms with Crippen molar-refractivity contribution in [3.63, 3.8) is 0 Å². The molecule has 0 radical (unpaired) electrons. The maximum atomic E-state index is 12.7. The number of ether oxygens (including phenoxy) is 1. The molecular weight excluding hydrogens is 356 g/mol. The Morgan fingerprint density at radius 1 is 1.16 bits per heavy atom. The number of nitrogens with one attached hydrogen (secondary N) is 2. The van der Waals surface area contributed by atoms with Gasteiger partial charge in [0.1, 0.15) is 0 Å². The van der Waals surface area contributed by atoms with E-state index in [-0.39, 0.29) is 5.97 Å². The second-order valence-corrected chi connectivity index (χ2v) is 6.30. The highest BCUT2D eigenvalue weighted by Gasteiger charge is 2.32. The monoisotopic (exact) mass is 372 g/mol. The summed E-state index contributed by atoms with van der Waals surface area (Å²) in [5.74, 6) is -0.385. The van der Waals surface area contributed by atoms with E-state index < -0.39 is 6.04 Å². The molecule has 128 valence electrons. The molecule has 2 aromatic rings. The summed E-state index contributed by atoms with van der Waals surface area (Å²) in [5.41, 5.74) is 2.89. The van der Waals surface area contributed by atoms with E-state index in [2.05, 4.69) is 10.6 Å². The summed E-state index contributed by atoms with van der Waals surface area (Å²) >= 11 is 11.3. The van der Waals surface area contributed by atoms with Gasteiger partial charge in [0.05, 0.1) is 23.9 Å². The van der Waals surface area contributed by atoms with Crippen molar-refractivity contribution in [1.29, 1.82) is 0 Å². The quantitative estimate of drug-likeness (QED) is 0.631. The second-order valence-electron chi connectivity index (χ2n) is 5.46. The van der Waals surface area contributed by atoms with E-state index in [9.17, 15) is 4.79 Å². The molecular formula is C19H17ClN2O2S. The van der Waals surface area contributed by atoms with Crippen LogP contribution in [0.1, 0.15) is 24.1 Å². The Hall–Kier alpha value is -2.37. The van der Waals surface area contributed by atoms with Gasteiger partial charge in [-0.3, -0.25) is 0 Å². The third-order valence-electron chi connectivity index (χ3n) is 3.83. The molecule has 0 bridgehead atoms. The van der Waals surface area contributed by atoms with Crippen LogP contribution in [0, 0.1) is 0 Å². The molecule has 2 N–H and O–H groups in total. The average Bonchev–Trinajstić information content (AvgIpc) is 2.62. The van der Waals surface area contributed by atoms with Crippen molar-refractivity contribution < 1.29 is 9.53 Å². The lowest BCUT2D eigenvalue weighted by atomic mass is 9.93. The van der Waals surface area contributed by atoms with Crippen molar-refractivity contribution in [2.45, 2.75) is 13.0 Å². The Kier molecular flexibility index (Phi) is 5.36. The molecule has 0 amide bonds. The minimum Gasteiger partial charge on any atom is -0.463 e. The molecule has 1 atom stereocenters. The summed E-state index contributed by atoms with van der Waals surface area (Å²) in [7, 11) is 0. The van der Waals surface area contributed by atoms with E-state index in [0.717, 1.165) is 11.1 Å². The molecule has 4 nitrogen and oxygen atoms in total. The third kappa shape index (κ3) is 3.83. The van der Waals surface area contributed by atoms with Crippen LogP contribution in [0.3, 0.4) is 0 Å². The number of hydrogen-bond acceptors (Lipinski definition) is 3. The fourth-order valence-electron chi connectivity index (χ4n) is 2.73. The average molecular weight is 373 g/mol. The molecule has 0 aliphatic carbocycles. The molecule has 1 aliphatic rings. The lowest BCUT2D eigenvalue weighted by molar-refractivity contribution is -0.138. The van der Waals surface area contributed by atoms with E-state index in [1.807, 2.05) is 42.5 Å². The van der Waals surface area contributed by atoms with Crippen molar-refractivity contribution >= 4 is 40.6 Å². The number of thiocarbonyl (C=S) groups is 1.